The van der Waals surface area contributed by atoms with E-state index >= 15 is 0 Å². The van der Waals surface area contributed by atoms with E-state index in [0.717, 1.165) is 55.5 Å². The topological polar surface area (TPSA) is 88.0 Å². The Kier molecular flexibility index (Phi) is 6.48. The number of carbonyl (C=O) groups is 1. The number of alkyl halides is 1. The Morgan fingerprint density at radius 3 is 2.79 bits per heavy atom. The van der Waals surface area contributed by atoms with Crippen molar-refractivity contribution in [2.75, 3.05) is 25.0 Å². The third kappa shape index (κ3) is 5.47. The predicted molar refractivity (Wildman–Crippen MR) is 126 cm³/mol. The number of hydrogen-bond acceptors (Lipinski definition) is 5. The summed E-state index contributed by atoms with van der Waals surface area (Å²) >= 11 is 0. The van der Waals surface area contributed by atoms with Crippen LogP contribution in [0, 0.1) is 0 Å². The molecular weight excluding hydrogens is 421 g/mol. The minimum atomic E-state index is -0.673. The monoisotopic (exact) mass is 451 g/mol. The van der Waals surface area contributed by atoms with Gasteiger partial charge in [-0.2, -0.15) is 5.10 Å². The molecule has 0 spiro atoms. The summed E-state index contributed by atoms with van der Waals surface area (Å²) in [4.78, 5) is 23.6. The van der Waals surface area contributed by atoms with E-state index in [-0.39, 0.29) is 12.1 Å². The van der Waals surface area contributed by atoms with Crippen molar-refractivity contribution >= 4 is 22.9 Å². The lowest BCUT2D eigenvalue weighted by Crippen LogP contribution is -2.36. The van der Waals surface area contributed by atoms with Gasteiger partial charge in [0.1, 0.15) is 12.0 Å². The fourth-order valence-electron chi connectivity index (χ4n) is 4.72. The first kappa shape index (κ1) is 21.8. The van der Waals surface area contributed by atoms with Gasteiger partial charge >= 0.3 is 6.03 Å². The Bertz CT molecular complexity index is 1110. The van der Waals surface area contributed by atoms with Gasteiger partial charge in [-0.15, -0.1) is 0 Å². The molecule has 1 saturated carbocycles. The Balaban J connectivity index is 1.21. The van der Waals surface area contributed by atoms with Crippen LogP contribution >= 0.6 is 0 Å². The number of nitrogens with one attached hydrogen (secondary N) is 2. The lowest BCUT2D eigenvalue weighted by molar-refractivity contribution is 0.248. The van der Waals surface area contributed by atoms with E-state index in [0.29, 0.717) is 24.3 Å². The maximum absolute atomic E-state index is 13.3. The molecule has 2 aliphatic rings. The number of aromatic nitrogens is 4. The van der Waals surface area contributed by atoms with Crippen molar-refractivity contribution in [3.63, 3.8) is 0 Å². The second-order valence-electron chi connectivity index (χ2n) is 9.07. The van der Waals surface area contributed by atoms with E-state index in [9.17, 15) is 9.18 Å². The molecule has 0 aromatic carbocycles. The number of amides is 2. The Labute approximate surface area is 192 Å². The molecule has 0 radical (unpaired) electrons. The Morgan fingerprint density at radius 1 is 1.09 bits per heavy atom. The zero-order valence-electron chi connectivity index (χ0n) is 18.7. The van der Waals surface area contributed by atoms with Crippen LogP contribution in [0.15, 0.2) is 36.8 Å². The molecule has 2 N–H and O–H groups in total. The van der Waals surface area contributed by atoms with Crippen molar-refractivity contribution in [2.24, 2.45) is 0 Å². The number of fused-ring (bicyclic) bond motifs is 1. The highest BCUT2D eigenvalue weighted by Gasteiger charge is 2.21. The van der Waals surface area contributed by atoms with Gasteiger partial charge < -0.3 is 10.2 Å². The van der Waals surface area contributed by atoms with E-state index in [1.54, 1.807) is 6.07 Å². The number of nitrogens with zero attached hydrogens (tertiary/aromatic N) is 5. The summed E-state index contributed by atoms with van der Waals surface area (Å²) in [5, 5.41) is 10.3. The van der Waals surface area contributed by atoms with Gasteiger partial charge in [0.2, 0.25) is 0 Å². The number of anilines is 1. The molecule has 3 aromatic rings. The zero-order chi connectivity index (χ0) is 22.6. The number of hydrogen-bond donors (Lipinski definition) is 2. The fourth-order valence-corrected chi connectivity index (χ4v) is 4.72. The minimum Gasteiger partial charge on any atom is -0.335 e. The highest BCUT2D eigenvalue weighted by Crippen LogP contribution is 2.23. The lowest BCUT2D eigenvalue weighted by atomic mass is 10.1. The molecule has 5 rings (SSSR count). The summed E-state index contributed by atoms with van der Waals surface area (Å²) in [6.07, 6.45) is 11.0. The van der Waals surface area contributed by atoms with E-state index < -0.39 is 6.17 Å². The Hall–Kier alpha value is -3.07. The molecule has 9 heteroatoms. The molecule has 33 heavy (non-hydrogen) atoms. The SMILES string of the molecule is O=C(Nc1ccc2ncc(-c3cnn(CCCN4CC[C@@H](F)C4)c3)cc2n1)NC1CCCC1. The fraction of sp³-hybridized carbons (Fsp3) is 0.500. The molecular formula is C24H30FN7O. The van der Waals surface area contributed by atoms with Crippen LogP contribution < -0.4 is 10.6 Å². The van der Waals surface area contributed by atoms with Crippen LogP contribution in [0.2, 0.25) is 0 Å². The predicted octanol–water partition coefficient (Wildman–Crippen LogP) is 3.99. The van der Waals surface area contributed by atoms with E-state index in [2.05, 4.69) is 30.6 Å². The molecule has 0 unspecified atom stereocenters. The molecule has 1 aliphatic heterocycles. The van der Waals surface area contributed by atoms with Crippen molar-refractivity contribution in [3.05, 3.63) is 36.8 Å². The quantitative estimate of drug-likeness (QED) is 0.567. The van der Waals surface area contributed by atoms with Crippen molar-refractivity contribution in [1.82, 2.24) is 30.0 Å². The first-order valence-electron chi connectivity index (χ1n) is 11.9. The van der Waals surface area contributed by atoms with Crippen molar-refractivity contribution < 1.29 is 9.18 Å². The van der Waals surface area contributed by atoms with Crippen LogP contribution in [0.5, 0.6) is 0 Å². The van der Waals surface area contributed by atoms with Gasteiger partial charge in [-0.25, -0.2) is 14.2 Å². The highest BCUT2D eigenvalue weighted by molar-refractivity contribution is 5.90. The summed E-state index contributed by atoms with van der Waals surface area (Å²) in [5.41, 5.74) is 3.38. The molecule has 1 saturated heterocycles. The molecule has 2 amide bonds. The van der Waals surface area contributed by atoms with Crippen LogP contribution in [0.4, 0.5) is 15.0 Å². The second-order valence-corrected chi connectivity index (χ2v) is 9.07. The number of halogens is 1. The number of rotatable bonds is 7. The molecule has 2 fully saturated rings. The summed E-state index contributed by atoms with van der Waals surface area (Å²) in [5.74, 6) is 0.505. The summed E-state index contributed by atoms with van der Waals surface area (Å²) in [6, 6.07) is 5.64. The summed E-state index contributed by atoms with van der Waals surface area (Å²) in [6.45, 7) is 3.08. The molecule has 0 bridgehead atoms. The largest absolute Gasteiger partial charge is 0.335 e. The third-order valence-corrected chi connectivity index (χ3v) is 6.51. The van der Waals surface area contributed by atoms with Gasteiger partial charge in [0.25, 0.3) is 0 Å². The average molecular weight is 452 g/mol. The van der Waals surface area contributed by atoms with E-state index in [1.807, 2.05) is 35.4 Å². The van der Waals surface area contributed by atoms with Gasteiger partial charge in [0.05, 0.1) is 17.2 Å². The highest BCUT2D eigenvalue weighted by atomic mass is 19.1. The zero-order valence-corrected chi connectivity index (χ0v) is 18.7. The van der Waals surface area contributed by atoms with Crippen LogP contribution in [-0.4, -0.2) is 62.5 Å². The summed E-state index contributed by atoms with van der Waals surface area (Å²) in [7, 11) is 0. The lowest BCUT2D eigenvalue weighted by Gasteiger charge is -2.13. The average Bonchev–Trinajstić information content (AvgIpc) is 3.56. The maximum Gasteiger partial charge on any atom is 0.320 e. The number of aryl methyl sites for hydroxylation is 1. The van der Waals surface area contributed by atoms with Crippen LogP contribution in [0.1, 0.15) is 38.5 Å². The van der Waals surface area contributed by atoms with Crippen molar-refractivity contribution in [2.45, 2.75) is 57.3 Å². The normalized spacial score (nSPS) is 19.4. The van der Waals surface area contributed by atoms with Gasteiger partial charge in [0.15, 0.2) is 0 Å². The van der Waals surface area contributed by atoms with Crippen molar-refractivity contribution in [3.8, 4) is 11.1 Å². The van der Waals surface area contributed by atoms with Gasteiger partial charge in [0, 0.05) is 55.7 Å². The molecule has 1 aliphatic carbocycles. The minimum absolute atomic E-state index is 0.213. The van der Waals surface area contributed by atoms with E-state index in [1.165, 1.54) is 12.8 Å². The van der Waals surface area contributed by atoms with Crippen LogP contribution in [0.3, 0.4) is 0 Å². The third-order valence-electron chi connectivity index (χ3n) is 6.51. The van der Waals surface area contributed by atoms with Gasteiger partial charge in [-0.3, -0.25) is 15.0 Å². The molecule has 174 valence electrons. The van der Waals surface area contributed by atoms with Crippen LogP contribution in [0.25, 0.3) is 22.2 Å². The number of urea groups is 1. The first-order valence-corrected chi connectivity index (χ1v) is 11.9. The van der Waals surface area contributed by atoms with Gasteiger partial charge in [-0.05, 0) is 43.9 Å². The van der Waals surface area contributed by atoms with Crippen LogP contribution in [-0.2, 0) is 6.54 Å². The van der Waals surface area contributed by atoms with Gasteiger partial charge in [-0.1, -0.05) is 12.8 Å². The number of likely N-dealkylation sites (tertiary alicyclic amines) is 1. The standard InChI is InChI=1S/C24H30FN7O/c25-19-8-11-31(16-19)9-3-10-32-15-18(14-27-32)17-12-22-21(26-13-17)6-7-23(29-22)30-24(33)28-20-4-1-2-5-20/h6-7,12-15,19-20H,1-5,8-11,16H2,(H2,28,29,30,33)/t19-/m1/s1. The first-order chi connectivity index (χ1) is 16.1. The Morgan fingerprint density at radius 2 is 1.97 bits per heavy atom. The maximum atomic E-state index is 13.3. The van der Waals surface area contributed by atoms with E-state index in [4.69, 9.17) is 0 Å². The molecule has 8 nitrogen and oxygen atoms in total. The molecule has 4 heterocycles. The number of pyridine rings is 2. The molecule has 3 aromatic heterocycles. The van der Waals surface area contributed by atoms with Crippen molar-refractivity contribution in [1.29, 1.82) is 0 Å². The smallest absolute Gasteiger partial charge is 0.320 e. The number of carbonyl (C=O) groups excluding carboxylic acids is 1. The summed E-state index contributed by atoms with van der Waals surface area (Å²) < 4.78 is 15.2. The second kappa shape index (κ2) is 9.82. The molecule has 1 atom stereocenters.